The van der Waals surface area contributed by atoms with Gasteiger partial charge in [-0.25, -0.2) is 0 Å². The molecule has 1 N–H and O–H groups in total. The summed E-state index contributed by atoms with van der Waals surface area (Å²) in [5, 5.41) is 3.18. The molecular formula is C18H17ClN4O3. The molecule has 0 saturated carbocycles. The number of anilines is 2. The van der Waals surface area contributed by atoms with E-state index in [1.807, 2.05) is 30.3 Å². The Kier molecular flexibility index (Phi) is 5.38. The predicted molar refractivity (Wildman–Crippen MR) is 99.7 cm³/mol. The molecule has 0 amide bonds. The van der Waals surface area contributed by atoms with Crippen LogP contribution in [0.3, 0.4) is 0 Å². The van der Waals surface area contributed by atoms with Crippen LogP contribution >= 0.6 is 11.6 Å². The molecule has 0 aliphatic rings. The lowest BCUT2D eigenvalue weighted by Crippen LogP contribution is -2.03. The zero-order chi connectivity index (χ0) is 18.5. The van der Waals surface area contributed by atoms with Crippen molar-refractivity contribution in [2.75, 3.05) is 26.6 Å². The van der Waals surface area contributed by atoms with Gasteiger partial charge in [0.05, 0.1) is 21.3 Å². The Morgan fingerprint density at radius 3 is 2.08 bits per heavy atom. The first-order valence-corrected chi connectivity index (χ1v) is 8.06. The molecule has 1 aromatic heterocycles. The molecule has 0 fully saturated rings. The van der Waals surface area contributed by atoms with E-state index in [2.05, 4.69) is 20.3 Å². The van der Waals surface area contributed by atoms with Crippen molar-refractivity contribution in [1.29, 1.82) is 0 Å². The first kappa shape index (κ1) is 17.8. The third-order valence-electron chi connectivity index (χ3n) is 3.56. The monoisotopic (exact) mass is 372 g/mol. The Labute approximate surface area is 155 Å². The summed E-state index contributed by atoms with van der Waals surface area (Å²) >= 11 is 6.06. The summed E-state index contributed by atoms with van der Waals surface area (Å²) in [7, 11) is 4.65. The molecule has 134 valence electrons. The van der Waals surface area contributed by atoms with E-state index in [0.717, 1.165) is 5.56 Å². The number of nitrogens with zero attached hydrogens (tertiary/aromatic N) is 3. The van der Waals surface area contributed by atoms with E-state index in [1.54, 1.807) is 33.5 Å². The number of hydrogen-bond acceptors (Lipinski definition) is 7. The molecule has 0 bridgehead atoms. The van der Waals surface area contributed by atoms with Gasteiger partial charge in [-0.15, -0.1) is 0 Å². The topological polar surface area (TPSA) is 78.4 Å². The summed E-state index contributed by atoms with van der Waals surface area (Å²) in [6.07, 6.45) is 0. The number of methoxy groups -OCH3 is 3. The summed E-state index contributed by atoms with van der Waals surface area (Å²) in [6.45, 7) is 0. The van der Waals surface area contributed by atoms with Crippen molar-refractivity contribution in [3.63, 3.8) is 0 Å². The second-order valence-corrected chi connectivity index (χ2v) is 5.49. The van der Waals surface area contributed by atoms with Gasteiger partial charge in [0.2, 0.25) is 17.0 Å². The Morgan fingerprint density at radius 2 is 1.50 bits per heavy atom. The molecule has 3 aromatic rings. The second-order valence-electron chi connectivity index (χ2n) is 5.16. The summed E-state index contributed by atoms with van der Waals surface area (Å²) in [5.74, 6) is 2.30. The van der Waals surface area contributed by atoms with Crippen LogP contribution in [0.1, 0.15) is 0 Å². The van der Waals surface area contributed by atoms with Crippen LogP contribution in [0, 0.1) is 0 Å². The lowest BCUT2D eigenvalue weighted by molar-refractivity contribution is 0.324. The van der Waals surface area contributed by atoms with Crippen molar-refractivity contribution in [1.82, 2.24) is 15.0 Å². The number of hydrogen-bond donors (Lipinski definition) is 1. The van der Waals surface area contributed by atoms with E-state index in [9.17, 15) is 0 Å². The van der Waals surface area contributed by atoms with Gasteiger partial charge in [0.1, 0.15) is 0 Å². The average molecular weight is 373 g/mol. The Bertz CT molecular complexity index is 881. The summed E-state index contributed by atoms with van der Waals surface area (Å²) in [5.41, 5.74) is 1.49. The molecule has 3 rings (SSSR count). The molecule has 2 aromatic carbocycles. The molecule has 0 unspecified atom stereocenters. The number of halogens is 1. The van der Waals surface area contributed by atoms with Crippen molar-refractivity contribution in [3.05, 3.63) is 47.7 Å². The highest BCUT2D eigenvalue weighted by atomic mass is 35.5. The third kappa shape index (κ3) is 3.78. The van der Waals surface area contributed by atoms with E-state index in [1.165, 1.54) is 0 Å². The van der Waals surface area contributed by atoms with Gasteiger partial charge in [-0.2, -0.15) is 15.0 Å². The van der Waals surface area contributed by atoms with Crippen molar-refractivity contribution < 1.29 is 14.2 Å². The predicted octanol–water partition coefficient (Wildman–Crippen LogP) is 3.96. The molecule has 0 aliphatic carbocycles. The summed E-state index contributed by atoms with van der Waals surface area (Å²) < 4.78 is 16.0. The lowest BCUT2D eigenvalue weighted by atomic mass is 10.2. The standard InChI is InChI=1S/C18H17ClN4O3/c1-24-13-9-12(10-14(25-2)15(13)26-3)20-18-22-16(21-17(19)23-18)11-7-5-4-6-8-11/h4-10H,1-3H3,(H,20,21,22,23). The van der Waals surface area contributed by atoms with Gasteiger partial charge in [-0.1, -0.05) is 30.3 Å². The maximum absolute atomic E-state index is 6.06. The fourth-order valence-electron chi connectivity index (χ4n) is 2.40. The average Bonchev–Trinajstić information content (AvgIpc) is 2.67. The Morgan fingerprint density at radius 1 is 0.846 bits per heavy atom. The van der Waals surface area contributed by atoms with Gasteiger partial charge < -0.3 is 19.5 Å². The highest BCUT2D eigenvalue weighted by Gasteiger charge is 2.14. The van der Waals surface area contributed by atoms with E-state index >= 15 is 0 Å². The molecule has 7 nitrogen and oxygen atoms in total. The molecule has 1 heterocycles. The van der Waals surface area contributed by atoms with Crippen molar-refractivity contribution in [3.8, 4) is 28.6 Å². The highest BCUT2D eigenvalue weighted by molar-refractivity contribution is 6.28. The molecule has 0 saturated heterocycles. The van der Waals surface area contributed by atoms with Crippen LogP contribution < -0.4 is 19.5 Å². The zero-order valence-electron chi connectivity index (χ0n) is 14.5. The lowest BCUT2D eigenvalue weighted by Gasteiger charge is -2.14. The number of nitrogens with one attached hydrogen (secondary N) is 1. The fraction of sp³-hybridized carbons (Fsp3) is 0.167. The molecule has 8 heteroatoms. The van der Waals surface area contributed by atoms with Crippen LogP contribution in [0.25, 0.3) is 11.4 Å². The zero-order valence-corrected chi connectivity index (χ0v) is 15.2. The Hall–Kier alpha value is -3.06. The molecule has 26 heavy (non-hydrogen) atoms. The third-order valence-corrected chi connectivity index (χ3v) is 3.73. The number of aromatic nitrogens is 3. The van der Waals surface area contributed by atoms with Gasteiger partial charge >= 0.3 is 0 Å². The van der Waals surface area contributed by atoms with Crippen molar-refractivity contribution in [2.24, 2.45) is 0 Å². The first-order chi connectivity index (χ1) is 12.6. The highest BCUT2D eigenvalue weighted by Crippen LogP contribution is 2.40. The van der Waals surface area contributed by atoms with Gasteiger partial charge in [0, 0.05) is 23.4 Å². The van der Waals surface area contributed by atoms with E-state index in [4.69, 9.17) is 25.8 Å². The normalized spacial score (nSPS) is 10.3. The molecule has 0 radical (unpaired) electrons. The van der Waals surface area contributed by atoms with Crippen LogP contribution in [0.15, 0.2) is 42.5 Å². The van der Waals surface area contributed by atoms with Crippen LogP contribution in [0.5, 0.6) is 17.2 Å². The Balaban J connectivity index is 1.98. The summed E-state index contributed by atoms with van der Waals surface area (Å²) in [4.78, 5) is 12.7. The van der Waals surface area contributed by atoms with Crippen LogP contribution in [0.2, 0.25) is 5.28 Å². The van der Waals surface area contributed by atoms with E-state index < -0.39 is 0 Å². The number of ether oxygens (including phenoxy) is 3. The second kappa shape index (κ2) is 7.88. The van der Waals surface area contributed by atoms with Gasteiger partial charge in [-0.3, -0.25) is 0 Å². The molecule has 0 aliphatic heterocycles. The SMILES string of the molecule is COc1cc(Nc2nc(Cl)nc(-c3ccccc3)n2)cc(OC)c1OC. The first-order valence-electron chi connectivity index (χ1n) is 7.68. The minimum atomic E-state index is 0.0915. The minimum Gasteiger partial charge on any atom is -0.493 e. The molecule has 0 atom stereocenters. The smallest absolute Gasteiger partial charge is 0.232 e. The van der Waals surface area contributed by atoms with Gasteiger partial charge in [-0.05, 0) is 11.6 Å². The van der Waals surface area contributed by atoms with Gasteiger partial charge in [0.25, 0.3) is 0 Å². The van der Waals surface area contributed by atoms with Crippen molar-refractivity contribution >= 4 is 23.2 Å². The van der Waals surface area contributed by atoms with E-state index in [-0.39, 0.29) is 5.28 Å². The van der Waals surface area contributed by atoms with Gasteiger partial charge in [0.15, 0.2) is 17.3 Å². The van der Waals surface area contributed by atoms with Crippen LogP contribution in [-0.4, -0.2) is 36.3 Å². The quantitative estimate of drug-likeness (QED) is 0.701. The maximum Gasteiger partial charge on any atom is 0.232 e. The maximum atomic E-state index is 6.06. The van der Waals surface area contributed by atoms with Crippen molar-refractivity contribution in [2.45, 2.75) is 0 Å². The van der Waals surface area contributed by atoms with E-state index in [0.29, 0.717) is 34.7 Å². The largest absolute Gasteiger partial charge is 0.493 e. The van der Waals surface area contributed by atoms with Crippen LogP contribution in [-0.2, 0) is 0 Å². The van der Waals surface area contributed by atoms with Crippen LogP contribution in [0.4, 0.5) is 11.6 Å². The minimum absolute atomic E-state index is 0.0915. The number of benzene rings is 2. The molecular weight excluding hydrogens is 356 g/mol. The fourth-order valence-corrected chi connectivity index (χ4v) is 2.56. The summed E-state index contributed by atoms with van der Waals surface area (Å²) in [6, 6.07) is 13.0. The number of rotatable bonds is 6. The molecule has 0 spiro atoms.